The van der Waals surface area contributed by atoms with E-state index in [0.29, 0.717) is 0 Å². The Hall–Kier alpha value is 0.556. The molecule has 0 N–H and O–H groups in total. The van der Waals surface area contributed by atoms with Crippen molar-refractivity contribution in [3.63, 3.8) is 0 Å². The highest BCUT2D eigenvalue weighted by Gasteiger charge is 1.92. The molecule has 0 spiro atoms. The molecular weight excluding hydrogens is 220 g/mol. The molecule has 48 valence electrons. The van der Waals surface area contributed by atoms with E-state index in [1.165, 1.54) is 3.69 Å². The monoisotopic (exact) mass is 224 g/mol. The van der Waals surface area contributed by atoms with Crippen molar-refractivity contribution >= 4 is 52.4 Å². The Bertz CT molecular complexity index is 220. The van der Waals surface area contributed by atoms with Crippen molar-refractivity contribution in [3.05, 3.63) is 29.8 Å². The number of thiocarbonyl (C=S) groups is 1. The van der Waals surface area contributed by atoms with E-state index in [1.807, 2.05) is 0 Å². The molecule has 1 rings (SSSR count). The van der Waals surface area contributed by atoms with Crippen LogP contribution in [0.25, 0.3) is 0 Å². The van der Waals surface area contributed by atoms with Crippen molar-refractivity contribution in [3.8, 4) is 0 Å². The molecular formula is C7H5BrMgS. The molecule has 3 heteroatoms. The van der Waals surface area contributed by atoms with Crippen molar-refractivity contribution in [1.82, 2.24) is 0 Å². The molecule has 0 radical (unpaired) electrons. The van der Waals surface area contributed by atoms with Gasteiger partial charge in [-0.1, -0.05) is 36.5 Å². The minimum Gasteiger partial charge on any atom is -0.296 e. The lowest BCUT2D eigenvalue weighted by molar-refractivity contribution is 1.74. The Labute approximate surface area is 81.6 Å². The Balaban J connectivity index is 2.90. The standard InChI is InChI=1S/C7H5S.BrH.Mg/c8-6-7-4-2-1-3-5-7;;/h2-6H;1H;/q;;+1/p-1. The van der Waals surface area contributed by atoms with Gasteiger partial charge in [0, 0.05) is 5.37 Å². The Kier molecular flexibility index (Phi) is 3.84. The second-order valence-corrected chi connectivity index (χ2v) is 4.99. The first-order chi connectivity index (χ1) is 4.86. The van der Waals surface area contributed by atoms with Gasteiger partial charge in [0.15, 0.2) is 0 Å². The Morgan fingerprint density at radius 1 is 1.30 bits per heavy atom. The zero-order valence-corrected chi connectivity index (χ0v) is 9.20. The smallest absolute Gasteiger partial charge is 0.296 e. The molecule has 0 saturated carbocycles. The van der Waals surface area contributed by atoms with Gasteiger partial charge in [0.05, 0.1) is 0 Å². The van der Waals surface area contributed by atoms with Gasteiger partial charge in [-0.05, 0) is 5.56 Å². The lowest BCUT2D eigenvalue weighted by Gasteiger charge is -1.93. The fourth-order valence-electron chi connectivity index (χ4n) is 0.685. The largest absolute Gasteiger partial charge is 0.506 e. The summed E-state index contributed by atoms with van der Waals surface area (Å²) in [7, 11) is 0. The highest BCUT2D eigenvalue weighted by molar-refractivity contribution is 9.23. The molecule has 0 aliphatic carbocycles. The second-order valence-electron chi connectivity index (χ2n) is 1.99. The van der Waals surface area contributed by atoms with E-state index in [4.69, 9.17) is 12.2 Å². The number of hydrogen-bond donors (Lipinski definition) is 0. The molecule has 1 aromatic rings. The lowest BCUT2D eigenvalue weighted by atomic mass is 10.2. The van der Waals surface area contributed by atoms with E-state index in [0.717, 1.165) is 5.56 Å². The van der Waals surface area contributed by atoms with Crippen LogP contribution in [0.15, 0.2) is 24.3 Å². The molecule has 0 aliphatic rings. The van der Waals surface area contributed by atoms with Gasteiger partial charge in [-0.25, -0.2) is 0 Å². The summed E-state index contributed by atoms with van der Waals surface area (Å²) in [5, 5.41) is 1.69. The minimum atomic E-state index is -0.168. The molecule has 0 aliphatic heterocycles. The summed E-state index contributed by atoms with van der Waals surface area (Å²) in [5.74, 6) is 0. The predicted molar refractivity (Wildman–Crippen MR) is 53.5 cm³/mol. The molecule has 0 unspecified atom stereocenters. The summed E-state index contributed by atoms with van der Waals surface area (Å²) in [5.41, 5.74) is 1.12. The zero-order valence-electron chi connectivity index (χ0n) is 5.38. The van der Waals surface area contributed by atoms with Crippen LogP contribution in [0.3, 0.4) is 0 Å². The topological polar surface area (TPSA) is 0 Å². The number of benzene rings is 1. The van der Waals surface area contributed by atoms with Crippen LogP contribution in [0.1, 0.15) is 5.56 Å². The minimum absolute atomic E-state index is 0.168. The molecule has 0 atom stereocenters. The van der Waals surface area contributed by atoms with Crippen LogP contribution in [0.2, 0.25) is 0 Å². The van der Waals surface area contributed by atoms with Crippen LogP contribution in [0, 0.1) is 0 Å². The summed E-state index contributed by atoms with van der Waals surface area (Å²) >= 11 is 8.11. The number of hydrogen-bond acceptors (Lipinski definition) is 1. The Morgan fingerprint density at radius 3 is 2.30 bits per heavy atom. The van der Waals surface area contributed by atoms with E-state index in [-0.39, 0.29) is 18.2 Å². The summed E-state index contributed by atoms with van der Waals surface area (Å²) in [6, 6.07) is 8.35. The van der Waals surface area contributed by atoms with Gasteiger partial charge in [-0.15, -0.1) is 0 Å². The van der Waals surface area contributed by atoms with Gasteiger partial charge in [-0.2, -0.15) is 3.69 Å². The summed E-state index contributed by atoms with van der Waals surface area (Å²) in [4.78, 5) is 0. The van der Waals surface area contributed by atoms with Crippen molar-refractivity contribution in [1.29, 1.82) is 0 Å². The third kappa shape index (κ3) is 2.31. The zero-order chi connectivity index (χ0) is 7.40. The second kappa shape index (κ2) is 4.44. The first kappa shape index (κ1) is 8.65. The van der Waals surface area contributed by atoms with Gasteiger partial charge in [-0.3, -0.25) is 12.9 Å². The van der Waals surface area contributed by atoms with Crippen LogP contribution < -0.4 is 3.69 Å². The van der Waals surface area contributed by atoms with Crippen LogP contribution in [-0.2, 0) is 0 Å². The molecule has 10 heavy (non-hydrogen) atoms. The van der Waals surface area contributed by atoms with E-state index in [2.05, 4.69) is 37.1 Å². The molecule has 0 heterocycles. The maximum absolute atomic E-state index is 4.77. The van der Waals surface area contributed by atoms with Crippen LogP contribution >= 0.6 is 25.1 Å². The van der Waals surface area contributed by atoms with Gasteiger partial charge < -0.3 is 0 Å². The van der Waals surface area contributed by atoms with E-state index < -0.39 is 0 Å². The van der Waals surface area contributed by atoms with Crippen molar-refractivity contribution < 1.29 is 0 Å². The van der Waals surface area contributed by atoms with Gasteiger partial charge >= 0.3 is 18.2 Å². The summed E-state index contributed by atoms with van der Waals surface area (Å²) < 4.78 is 1.42. The van der Waals surface area contributed by atoms with Crippen molar-refractivity contribution in [2.75, 3.05) is 0 Å². The lowest BCUT2D eigenvalue weighted by Crippen LogP contribution is -2.06. The van der Waals surface area contributed by atoms with E-state index >= 15 is 0 Å². The van der Waals surface area contributed by atoms with E-state index in [1.54, 1.807) is 5.37 Å². The average molecular weight is 225 g/mol. The third-order valence-corrected chi connectivity index (χ3v) is 4.26. The fourth-order valence-corrected chi connectivity index (χ4v) is 2.38. The van der Waals surface area contributed by atoms with Crippen molar-refractivity contribution in [2.24, 2.45) is 0 Å². The molecule has 1 aromatic carbocycles. The van der Waals surface area contributed by atoms with Crippen LogP contribution in [-0.4, -0.2) is 23.6 Å². The molecule has 0 amide bonds. The molecule has 0 aromatic heterocycles. The molecule has 0 nitrogen and oxygen atoms in total. The highest BCUT2D eigenvalue weighted by Crippen LogP contribution is 1.92. The normalized spacial score (nSPS) is 8.50. The molecule has 0 saturated heterocycles. The molecule has 0 bridgehead atoms. The quantitative estimate of drug-likeness (QED) is 0.545. The van der Waals surface area contributed by atoms with Crippen LogP contribution in [0.4, 0.5) is 0 Å². The van der Waals surface area contributed by atoms with Crippen LogP contribution in [0.5, 0.6) is 0 Å². The predicted octanol–water partition coefficient (Wildman–Crippen LogP) is 1.67. The summed E-state index contributed by atoms with van der Waals surface area (Å²) in [6.07, 6.45) is 0. The SMILES string of the molecule is S=Cc1cc[c]([Mg][Br])cc1. The maximum atomic E-state index is 4.77. The number of halogens is 1. The van der Waals surface area contributed by atoms with Crippen molar-refractivity contribution in [2.45, 2.75) is 0 Å². The van der Waals surface area contributed by atoms with E-state index in [9.17, 15) is 0 Å². The Morgan fingerprint density at radius 2 is 1.90 bits per heavy atom. The highest BCUT2D eigenvalue weighted by atomic mass is 79.9. The first-order valence-corrected chi connectivity index (χ1v) is 8.04. The molecule has 0 fully saturated rings. The van der Waals surface area contributed by atoms with Gasteiger partial charge in [0.1, 0.15) is 0 Å². The van der Waals surface area contributed by atoms with Gasteiger partial charge in [0.25, 0.3) is 0 Å². The first-order valence-electron chi connectivity index (χ1n) is 2.97. The van der Waals surface area contributed by atoms with Gasteiger partial charge in [0.2, 0.25) is 0 Å². The third-order valence-electron chi connectivity index (χ3n) is 1.27. The maximum Gasteiger partial charge on any atom is 0.506 e. The fraction of sp³-hybridized carbons (Fsp3) is 0. The average Bonchev–Trinajstić information content (AvgIpc) is 2.05. The summed E-state index contributed by atoms with van der Waals surface area (Å²) in [6.45, 7) is 0. The number of rotatable bonds is 2.